The lowest BCUT2D eigenvalue weighted by Gasteiger charge is -2.04. The lowest BCUT2D eigenvalue weighted by Crippen LogP contribution is -2.23. The van der Waals surface area contributed by atoms with Crippen LogP contribution in [-0.4, -0.2) is 20.9 Å². The maximum Gasteiger partial charge on any atom is 0.251 e. The number of carbonyl (C=O) groups excluding carboxylic acids is 1. The molecule has 2 aromatic rings. The monoisotopic (exact) mass is 306 g/mol. The van der Waals surface area contributed by atoms with Crippen molar-refractivity contribution in [2.75, 3.05) is 0 Å². The maximum absolute atomic E-state index is 11.8. The summed E-state index contributed by atoms with van der Waals surface area (Å²) in [6.45, 7) is 2.22. The Bertz CT molecular complexity index is 556. The third-order valence-electron chi connectivity index (χ3n) is 2.25. The van der Waals surface area contributed by atoms with Crippen molar-refractivity contribution in [2.45, 2.75) is 13.5 Å². The summed E-state index contributed by atoms with van der Waals surface area (Å²) in [6, 6.07) is 3.32. The standard InChI is InChI=1S/C12H11BrN4O/c1-8-5-16-10(6-15-8)7-17-12(18)9-2-3-14-11(13)4-9/h2-6H,7H2,1H3,(H,17,18). The van der Waals surface area contributed by atoms with Crippen LogP contribution in [-0.2, 0) is 6.54 Å². The summed E-state index contributed by atoms with van der Waals surface area (Å²) < 4.78 is 0.630. The molecule has 2 rings (SSSR count). The maximum atomic E-state index is 11.8. The van der Waals surface area contributed by atoms with E-state index in [2.05, 4.69) is 36.2 Å². The first-order chi connectivity index (χ1) is 8.65. The van der Waals surface area contributed by atoms with Crippen molar-refractivity contribution in [3.63, 3.8) is 0 Å². The average Bonchev–Trinajstić information content (AvgIpc) is 2.38. The number of pyridine rings is 1. The van der Waals surface area contributed by atoms with E-state index in [0.717, 1.165) is 11.4 Å². The van der Waals surface area contributed by atoms with E-state index in [1.165, 1.54) is 0 Å². The van der Waals surface area contributed by atoms with Crippen molar-refractivity contribution in [3.8, 4) is 0 Å². The van der Waals surface area contributed by atoms with Crippen molar-refractivity contribution >= 4 is 21.8 Å². The number of aromatic nitrogens is 3. The number of hydrogen-bond donors (Lipinski definition) is 1. The minimum atomic E-state index is -0.166. The number of nitrogens with zero attached hydrogens (tertiary/aromatic N) is 3. The van der Waals surface area contributed by atoms with Gasteiger partial charge in [0, 0.05) is 18.0 Å². The fourth-order valence-electron chi connectivity index (χ4n) is 1.33. The molecule has 1 N–H and O–H groups in total. The minimum absolute atomic E-state index is 0.166. The van der Waals surface area contributed by atoms with Crippen LogP contribution in [0.15, 0.2) is 35.3 Å². The molecule has 92 valence electrons. The summed E-state index contributed by atoms with van der Waals surface area (Å²) in [5, 5.41) is 2.77. The van der Waals surface area contributed by atoms with E-state index in [1.54, 1.807) is 30.7 Å². The van der Waals surface area contributed by atoms with Crippen molar-refractivity contribution in [1.29, 1.82) is 0 Å². The molecule has 0 fully saturated rings. The SMILES string of the molecule is Cc1cnc(CNC(=O)c2ccnc(Br)c2)cn1. The lowest BCUT2D eigenvalue weighted by atomic mass is 10.2. The normalized spacial score (nSPS) is 10.1. The fourth-order valence-corrected chi connectivity index (χ4v) is 1.69. The molecule has 2 aromatic heterocycles. The van der Waals surface area contributed by atoms with Crippen LogP contribution in [0.3, 0.4) is 0 Å². The van der Waals surface area contributed by atoms with Crippen molar-refractivity contribution in [1.82, 2.24) is 20.3 Å². The zero-order valence-electron chi connectivity index (χ0n) is 9.72. The Hall–Kier alpha value is -1.82. The van der Waals surface area contributed by atoms with E-state index < -0.39 is 0 Å². The first kappa shape index (κ1) is 12.6. The van der Waals surface area contributed by atoms with E-state index in [1.807, 2.05) is 6.92 Å². The van der Waals surface area contributed by atoms with Crippen LogP contribution < -0.4 is 5.32 Å². The van der Waals surface area contributed by atoms with Crippen LogP contribution in [0.2, 0.25) is 0 Å². The Balaban J connectivity index is 1.98. The molecular formula is C12H11BrN4O. The van der Waals surface area contributed by atoms with Gasteiger partial charge in [0.2, 0.25) is 0 Å². The first-order valence-electron chi connectivity index (χ1n) is 5.32. The lowest BCUT2D eigenvalue weighted by molar-refractivity contribution is 0.0950. The van der Waals surface area contributed by atoms with E-state index in [-0.39, 0.29) is 5.91 Å². The Morgan fingerprint density at radius 2 is 2.17 bits per heavy atom. The molecule has 6 heteroatoms. The average molecular weight is 307 g/mol. The van der Waals surface area contributed by atoms with E-state index in [9.17, 15) is 4.79 Å². The Morgan fingerprint density at radius 3 is 2.83 bits per heavy atom. The van der Waals surface area contributed by atoms with Gasteiger partial charge in [0.05, 0.1) is 24.1 Å². The van der Waals surface area contributed by atoms with Gasteiger partial charge in [-0.3, -0.25) is 14.8 Å². The number of amides is 1. The van der Waals surface area contributed by atoms with Gasteiger partial charge in [-0.05, 0) is 35.0 Å². The summed E-state index contributed by atoms with van der Waals surface area (Å²) in [5.74, 6) is -0.166. The molecule has 0 spiro atoms. The zero-order valence-corrected chi connectivity index (χ0v) is 11.3. The Morgan fingerprint density at radius 1 is 1.33 bits per heavy atom. The third kappa shape index (κ3) is 3.33. The van der Waals surface area contributed by atoms with Gasteiger partial charge in [0.1, 0.15) is 4.60 Å². The second-order valence-corrected chi connectivity index (χ2v) is 4.51. The minimum Gasteiger partial charge on any atom is -0.346 e. The first-order valence-corrected chi connectivity index (χ1v) is 6.12. The van der Waals surface area contributed by atoms with Crippen LogP contribution in [0.4, 0.5) is 0 Å². The molecule has 0 aliphatic heterocycles. The molecule has 0 aliphatic rings. The number of hydrogen-bond acceptors (Lipinski definition) is 4. The van der Waals surface area contributed by atoms with Crippen LogP contribution in [0.5, 0.6) is 0 Å². The van der Waals surface area contributed by atoms with Crippen LogP contribution in [0.1, 0.15) is 21.7 Å². The van der Waals surface area contributed by atoms with Crippen molar-refractivity contribution in [2.24, 2.45) is 0 Å². The number of aryl methyl sites for hydroxylation is 1. The summed E-state index contributed by atoms with van der Waals surface area (Å²) in [4.78, 5) is 24.1. The molecule has 0 unspecified atom stereocenters. The van der Waals surface area contributed by atoms with E-state index in [4.69, 9.17) is 0 Å². The van der Waals surface area contributed by atoms with Crippen LogP contribution >= 0.6 is 15.9 Å². The molecule has 2 heterocycles. The van der Waals surface area contributed by atoms with Gasteiger partial charge in [0.15, 0.2) is 0 Å². The molecule has 0 bridgehead atoms. The number of nitrogens with one attached hydrogen (secondary N) is 1. The molecule has 0 aromatic carbocycles. The highest BCUT2D eigenvalue weighted by Gasteiger charge is 2.06. The predicted molar refractivity (Wildman–Crippen MR) is 69.9 cm³/mol. The molecule has 0 radical (unpaired) electrons. The van der Waals surface area contributed by atoms with Gasteiger partial charge in [0.25, 0.3) is 5.91 Å². The van der Waals surface area contributed by atoms with Gasteiger partial charge in [-0.2, -0.15) is 0 Å². The van der Waals surface area contributed by atoms with Crippen LogP contribution in [0.25, 0.3) is 0 Å². The number of carbonyl (C=O) groups is 1. The number of rotatable bonds is 3. The summed E-state index contributed by atoms with van der Waals surface area (Å²) in [5.41, 5.74) is 2.13. The van der Waals surface area contributed by atoms with Gasteiger partial charge < -0.3 is 5.32 Å². The largest absolute Gasteiger partial charge is 0.346 e. The van der Waals surface area contributed by atoms with Gasteiger partial charge >= 0.3 is 0 Å². The van der Waals surface area contributed by atoms with Crippen molar-refractivity contribution < 1.29 is 4.79 Å². The molecule has 0 saturated carbocycles. The van der Waals surface area contributed by atoms with E-state index in [0.29, 0.717) is 16.7 Å². The van der Waals surface area contributed by atoms with E-state index >= 15 is 0 Å². The Kier molecular flexibility index (Phi) is 3.99. The van der Waals surface area contributed by atoms with Crippen LogP contribution in [0, 0.1) is 6.92 Å². The second-order valence-electron chi connectivity index (χ2n) is 3.70. The number of halogens is 1. The Labute approximate surface area is 113 Å². The van der Waals surface area contributed by atoms with Gasteiger partial charge in [-0.25, -0.2) is 4.98 Å². The van der Waals surface area contributed by atoms with Gasteiger partial charge in [-0.1, -0.05) is 0 Å². The molecule has 0 atom stereocenters. The highest BCUT2D eigenvalue weighted by molar-refractivity contribution is 9.10. The topological polar surface area (TPSA) is 67.8 Å². The molecule has 0 aliphatic carbocycles. The molecule has 0 saturated heterocycles. The van der Waals surface area contributed by atoms with Gasteiger partial charge in [-0.15, -0.1) is 0 Å². The summed E-state index contributed by atoms with van der Waals surface area (Å²) in [6.07, 6.45) is 4.90. The highest BCUT2D eigenvalue weighted by atomic mass is 79.9. The smallest absolute Gasteiger partial charge is 0.251 e. The summed E-state index contributed by atoms with van der Waals surface area (Å²) >= 11 is 3.22. The second kappa shape index (κ2) is 5.68. The van der Waals surface area contributed by atoms with Crippen molar-refractivity contribution in [3.05, 3.63) is 52.3 Å². The molecule has 18 heavy (non-hydrogen) atoms. The predicted octanol–water partition coefficient (Wildman–Crippen LogP) is 1.87. The molecular weight excluding hydrogens is 296 g/mol. The molecule has 5 nitrogen and oxygen atoms in total. The quantitative estimate of drug-likeness (QED) is 0.879. The third-order valence-corrected chi connectivity index (χ3v) is 2.69. The highest BCUT2D eigenvalue weighted by Crippen LogP contribution is 2.08. The zero-order chi connectivity index (χ0) is 13.0. The molecule has 1 amide bonds. The fraction of sp³-hybridized carbons (Fsp3) is 0.167. The summed E-state index contributed by atoms with van der Waals surface area (Å²) in [7, 11) is 0.